The van der Waals surface area contributed by atoms with E-state index in [4.69, 9.17) is 14.5 Å². The molecule has 0 N–H and O–H groups in total. The second kappa shape index (κ2) is 18.2. The van der Waals surface area contributed by atoms with Crippen LogP contribution in [-0.2, 0) is 0 Å². The Morgan fingerprint density at radius 1 is 0.722 bits per heavy atom. The number of nitrogens with zero attached hydrogens (tertiary/aromatic N) is 2. The fourth-order valence-electron chi connectivity index (χ4n) is 5.24. The summed E-state index contributed by atoms with van der Waals surface area (Å²) < 4.78 is 12.2. The molecule has 36 heavy (non-hydrogen) atoms. The highest BCUT2D eigenvalue weighted by molar-refractivity contribution is 5.56. The number of aromatic nitrogens is 2. The highest BCUT2D eigenvalue weighted by Gasteiger charge is 2.14. The van der Waals surface area contributed by atoms with Crippen LogP contribution in [0.1, 0.15) is 122 Å². The van der Waals surface area contributed by atoms with Gasteiger partial charge < -0.3 is 9.47 Å². The first kappa shape index (κ1) is 28.5. The Kier molecular flexibility index (Phi) is 14.4. The molecule has 1 fully saturated rings. The minimum absolute atomic E-state index is 0.586. The lowest BCUT2D eigenvalue weighted by Crippen LogP contribution is -2.06. The Morgan fingerprint density at radius 3 is 2.03 bits per heavy atom. The fourth-order valence-corrected chi connectivity index (χ4v) is 5.24. The molecule has 200 valence electrons. The summed E-state index contributed by atoms with van der Waals surface area (Å²) in [6.45, 7) is 3.64. The van der Waals surface area contributed by atoms with Crippen LogP contribution in [0.15, 0.2) is 36.5 Å². The number of hydrogen-bond donors (Lipinski definition) is 0. The molecule has 1 aromatic carbocycles. The fraction of sp³-hybridized carbons (Fsp3) is 0.688. The van der Waals surface area contributed by atoms with Crippen LogP contribution in [-0.4, -0.2) is 23.2 Å². The van der Waals surface area contributed by atoms with Crippen molar-refractivity contribution in [2.75, 3.05) is 13.2 Å². The van der Waals surface area contributed by atoms with Gasteiger partial charge in [0.25, 0.3) is 5.88 Å². The van der Waals surface area contributed by atoms with Crippen molar-refractivity contribution in [3.8, 4) is 23.0 Å². The summed E-state index contributed by atoms with van der Waals surface area (Å²) in [5.41, 5.74) is 0.999. The quantitative estimate of drug-likeness (QED) is 0.172. The first-order valence-corrected chi connectivity index (χ1v) is 15.0. The monoisotopic (exact) mass is 494 g/mol. The normalized spacial score (nSPS) is 13.8. The van der Waals surface area contributed by atoms with Crippen molar-refractivity contribution in [3.63, 3.8) is 0 Å². The number of rotatable bonds is 20. The van der Waals surface area contributed by atoms with E-state index < -0.39 is 0 Å². The van der Waals surface area contributed by atoms with Gasteiger partial charge in [-0.3, -0.25) is 0 Å². The molecule has 4 heteroatoms. The van der Waals surface area contributed by atoms with E-state index in [2.05, 4.69) is 11.9 Å². The average Bonchev–Trinajstić information content (AvgIpc) is 3.44. The molecule has 0 radical (unpaired) electrons. The Labute approximate surface area is 220 Å². The van der Waals surface area contributed by atoms with E-state index in [1.807, 2.05) is 30.3 Å². The van der Waals surface area contributed by atoms with E-state index in [9.17, 15) is 0 Å². The Balaban J connectivity index is 1.37. The van der Waals surface area contributed by atoms with Gasteiger partial charge in [0.15, 0.2) is 11.6 Å². The zero-order chi connectivity index (χ0) is 25.1. The number of unbranched alkanes of at least 4 members (excludes halogenated alkanes) is 11. The minimum Gasteiger partial charge on any atom is -0.487 e. The summed E-state index contributed by atoms with van der Waals surface area (Å²) >= 11 is 0. The average molecular weight is 495 g/mol. The molecule has 0 aliphatic heterocycles. The van der Waals surface area contributed by atoms with Gasteiger partial charge in [-0.25, -0.2) is 4.98 Å². The van der Waals surface area contributed by atoms with E-state index in [0.717, 1.165) is 24.3 Å². The summed E-state index contributed by atoms with van der Waals surface area (Å²) in [5, 5.41) is 0. The summed E-state index contributed by atoms with van der Waals surface area (Å²) in [4.78, 5) is 9.29. The molecular weight excluding hydrogens is 444 g/mol. The molecule has 0 amide bonds. The van der Waals surface area contributed by atoms with Gasteiger partial charge in [0.2, 0.25) is 0 Å². The molecule has 1 aliphatic rings. The Bertz CT molecular complexity index is 805. The minimum atomic E-state index is 0.586. The van der Waals surface area contributed by atoms with E-state index >= 15 is 0 Å². The first-order valence-electron chi connectivity index (χ1n) is 15.0. The standard InChI is InChI=1S/C32H50N2O2/c1-2-3-4-5-7-10-18-25-35-30-27-33-31(29-23-14-12-15-24-29)34-32(30)36-26-19-11-8-6-9-13-20-28-21-16-17-22-28/h12,14-15,23-24,27-28H,2-11,13,16-22,25-26H2,1H3. The molecule has 3 rings (SSSR count). The highest BCUT2D eigenvalue weighted by Crippen LogP contribution is 2.30. The molecule has 0 unspecified atom stereocenters. The molecule has 4 nitrogen and oxygen atoms in total. The van der Waals surface area contributed by atoms with Crippen LogP contribution in [0.2, 0.25) is 0 Å². The predicted molar refractivity (Wildman–Crippen MR) is 151 cm³/mol. The van der Waals surface area contributed by atoms with Gasteiger partial charge in [-0.2, -0.15) is 4.98 Å². The zero-order valence-electron chi connectivity index (χ0n) is 22.9. The van der Waals surface area contributed by atoms with Crippen molar-refractivity contribution in [1.29, 1.82) is 0 Å². The SMILES string of the molecule is CCCCCCCCCOc1cnc(-c2ccccc2)nc1OCCCCCCCCC1CCCC1. The van der Waals surface area contributed by atoms with Crippen molar-refractivity contribution >= 4 is 0 Å². The molecule has 1 heterocycles. The number of hydrogen-bond acceptors (Lipinski definition) is 4. The van der Waals surface area contributed by atoms with Crippen molar-refractivity contribution in [2.45, 2.75) is 122 Å². The summed E-state index contributed by atoms with van der Waals surface area (Å²) in [6.07, 6.45) is 25.8. The zero-order valence-corrected chi connectivity index (χ0v) is 22.9. The lowest BCUT2D eigenvalue weighted by molar-refractivity contribution is 0.249. The maximum atomic E-state index is 6.14. The second-order valence-corrected chi connectivity index (χ2v) is 10.6. The molecule has 1 aliphatic carbocycles. The lowest BCUT2D eigenvalue weighted by Gasteiger charge is -2.13. The number of ether oxygens (including phenoxy) is 2. The highest BCUT2D eigenvalue weighted by atomic mass is 16.5. The van der Waals surface area contributed by atoms with Gasteiger partial charge in [-0.05, 0) is 18.8 Å². The van der Waals surface area contributed by atoms with Crippen molar-refractivity contribution in [2.24, 2.45) is 5.92 Å². The maximum Gasteiger partial charge on any atom is 0.260 e. The van der Waals surface area contributed by atoms with Crippen LogP contribution in [0.4, 0.5) is 0 Å². The summed E-state index contributed by atoms with van der Waals surface area (Å²) in [5.74, 6) is 2.99. The molecule has 1 saturated carbocycles. The third-order valence-electron chi connectivity index (χ3n) is 7.48. The molecule has 2 aromatic rings. The summed E-state index contributed by atoms with van der Waals surface area (Å²) in [6, 6.07) is 10.1. The van der Waals surface area contributed by atoms with Crippen molar-refractivity contribution < 1.29 is 9.47 Å². The van der Waals surface area contributed by atoms with Crippen LogP contribution < -0.4 is 9.47 Å². The second-order valence-electron chi connectivity index (χ2n) is 10.6. The summed E-state index contributed by atoms with van der Waals surface area (Å²) in [7, 11) is 0. The van der Waals surface area contributed by atoms with E-state index in [-0.39, 0.29) is 0 Å². The van der Waals surface area contributed by atoms with Crippen LogP contribution in [0.5, 0.6) is 11.6 Å². The van der Waals surface area contributed by atoms with Crippen LogP contribution in [0, 0.1) is 5.92 Å². The van der Waals surface area contributed by atoms with E-state index in [0.29, 0.717) is 30.7 Å². The van der Waals surface area contributed by atoms with Gasteiger partial charge in [0.05, 0.1) is 19.4 Å². The third-order valence-corrected chi connectivity index (χ3v) is 7.48. The van der Waals surface area contributed by atoms with Gasteiger partial charge >= 0.3 is 0 Å². The maximum absolute atomic E-state index is 6.14. The van der Waals surface area contributed by atoms with E-state index in [1.54, 1.807) is 6.20 Å². The molecule has 0 bridgehead atoms. The number of benzene rings is 1. The van der Waals surface area contributed by atoms with Gasteiger partial charge in [0, 0.05) is 5.56 Å². The van der Waals surface area contributed by atoms with Crippen LogP contribution in [0.3, 0.4) is 0 Å². The van der Waals surface area contributed by atoms with Crippen LogP contribution >= 0.6 is 0 Å². The lowest BCUT2D eigenvalue weighted by atomic mass is 9.99. The first-order chi connectivity index (χ1) is 17.9. The molecular formula is C32H50N2O2. The predicted octanol–water partition coefficient (Wildman–Crippen LogP) is 9.57. The Hall–Kier alpha value is -2.10. The Morgan fingerprint density at radius 2 is 1.33 bits per heavy atom. The molecule has 0 saturated heterocycles. The molecule has 1 aromatic heterocycles. The van der Waals surface area contributed by atoms with E-state index in [1.165, 1.54) is 103 Å². The van der Waals surface area contributed by atoms with Crippen LogP contribution in [0.25, 0.3) is 11.4 Å². The van der Waals surface area contributed by atoms with Crippen molar-refractivity contribution in [1.82, 2.24) is 9.97 Å². The molecule has 0 spiro atoms. The van der Waals surface area contributed by atoms with Gasteiger partial charge in [-0.1, -0.05) is 140 Å². The topological polar surface area (TPSA) is 44.2 Å². The van der Waals surface area contributed by atoms with Gasteiger partial charge in [-0.15, -0.1) is 0 Å². The molecule has 0 atom stereocenters. The van der Waals surface area contributed by atoms with Gasteiger partial charge in [0.1, 0.15) is 0 Å². The smallest absolute Gasteiger partial charge is 0.260 e. The largest absolute Gasteiger partial charge is 0.487 e. The van der Waals surface area contributed by atoms with Crippen molar-refractivity contribution in [3.05, 3.63) is 36.5 Å². The third kappa shape index (κ3) is 11.3.